The molecule has 0 aliphatic heterocycles. The maximum Gasteiger partial charge on any atom is 0.324 e. The van der Waals surface area contributed by atoms with E-state index in [1.807, 2.05) is 0 Å². The Balaban J connectivity index is 2.91. The van der Waals surface area contributed by atoms with Crippen molar-refractivity contribution >= 4 is 40.8 Å². The van der Waals surface area contributed by atoms with E-state index in [4.69, 9.17) is 39.9 Å². The molecule has 0 aliphatic rings. The first-order valence-corrected chi connectivity index (χ1v) is 5.32. The molecule has 0 radical (unpaired) electrons. The second kappa shape index (κ2) is 4.60. The number of carbonyl (C=O) groups is 1. The zero-order chi connectivity index (χ0) is 11.6. The van der Waals surface area contributed by atoms with E-state index in [1.165, 1.54) is 6.92 Å². The van der Waals surface area contributed by atoms with Crippen LogP contribution in [0.15, 0.2) is 18.2 Å². The van der Waals surface area contributed by atoms with Crippen LogP contribution < -0.4 is 0 Å². The Hall–Kier alpha value is -0.440. The minimum atomic E-state index is -1.32. The summed E-state index contributed by atoms with van der Waals surface area (Å²) in [6, 6.07) is 4.94. The molecule has 0 heterocycles. The fourth-order valence-electron chi connectivity index (χ4n) is 1.11. The van der Waals surface area contributed by atoms with E-state index in [1.54, 1.807) is 18.2 Å². The number of halogens is 3. The first-order chi connectivity index (χ1) is 6.83. The lowest BCUT2D eigenvalue weighted by Crippen LogP contribution is -2.30. The molecule has 0 aromatic heterocycles. The second-order valence-electron chi connectivity index (χ2n) is 3.43. The Morgan fingerprint density at radius 2 is 2.00 bits per heavy atom. The Morgan fingerprint density at radius 3 is 2.47 bits per heavy atom. The lowest BCUT2D eigenvalue weighted by molar-refractivity contribution is -0.139. The van der Waals surface area contributed by atoms with E-state index in [-0.39, 0.29) is 6.42 Å². The molecule has 0 bridgehead atoms. The predicted octanol–water partition coefficient (Wildman–Crippen LogP) is 3.62. The summed E-state index contributed by atoms with van der Waals surface area (Å²) >= 11 is 17.4. The highest BCUT2D eigenvalue weighted by Crippen LogP contribution is 2.26. The van der Waals surface area contributed by atoms with Gasteiger partial charge in [0.05, 0.1) is 10.0 Å². The van der Waals surface area contributed by atoms with Gasteiger partial charge in [-0.05, 0) is 24.6 Å². The number of carboxylic acid groups (broad SMARTS) is 1. The lowest BCUT2D eigenvalue weighted by atomic mass is 10.0. The zero-order valence-corrected chi connectivity index (χ0v) is 10.2. The molecule has 2 nitrogen and oxygen atoms in total. The van der Waals surface area contributed by atoms with Gasteiger partial charge < -0.3 is 5.11 Å². The molecule has 1 unspecified atom stereocenters. The quantitative estimate of drug-likeness (QED) is 0.849. The largest absolute Gasteiger partial charge is 0.480 e. The first-order valence-electron chi connectivity index (χ1n) is 4.19. The summed E-state index contributed by atoms with van der Waals surface area (Å²) < 4.78 is 0. The third kappa shape index (κ3) is 3.26. The van der Waals surface area contributed by atoms with E-state index in [9.17, 15) is 4.79 Å². The molecule has 0 fully saturated rings. The predicted molar refractivity (Wildman–Crippen MR) is 62.1 cm³/mol. The van der Waals surface area contributed by atoms with Crippen molar-refractivity contribution in [2.45, 2.75) is 18.2 Å². The second-order valence-corrected chi connectivity index (χ2v) is 5.08. The third-order valence-corrected chi connectivity index (χ3v) is 3.00. The normalized spacial score (nSPS) is 14.7. The third-order valence-electron chi connectivity index (χ3n) is 1.97. The highest BCUT2D eigenvalue weighted by Gasteiger charge is 2.30. The number of hydrogen-bond donors (Lipinski definition) is 1. The van der Waals surface area contributed by atoms with E-state index >= 15 is 0 Å². The van der Waals surface area contributed by atoms with Gasteiger partial charge in [-0.3, -0.25) is 4.79 Å². The molecule has 0 spiro atoms. The van der Waals surface area contributed by atoms with Crippen LogP contribution in [0.5, 0.6) is 0 Å². The van der Waals surface area contributed by atoms with Crippen LogP contribution in [0.3, 0.4) is 0 Å². The summed E-state index contributed by atoms with van der Waals surface area (Å²) in [5.74, 6) is -1.06. The highest BCUT2D eigenvalue weighted by molar-refractivity contribution is 6.42. The molecule has 1 atom stereocenters. The SMILES string of the molecule is CC(Cl)(Cc1ccc(Cl)c(Cl)c1)C(=O)O. The Bertz CT molecular complexity index is 388. The summed E-state index contributed by atoms with van der Waals surface area (Å²) in [6.07, 6.45) is 0.195. The van der Waals surface area contributed by atoms with Gasteiger partial charge in [-0.2, -0.15) is 0 Å². The van der Waals surface area contributed by atoms with Gasteiger partial charge in [0.2, 0.25) is 0 Å². The molecular formula is C10H9Cl3O2. The Morgan fingerprint density at radius 1 is 1.40 bits per heavy atom. The summed E-state index contributed by atoms with van der Waals surface area (Å²) in [4.78, 5) is 9.46. The summed E-state index contributed by atoms with van der Waals surface area (Å²) in [6.45, 7) is 1.44. The van der Waals surface area contributed by atoms with Gasteiger partial charge in [0.15, 0.2) is 0 Å². The van der Waals surface area contributed by atoms with Crippen molar-refractivity contribution in [2.75, 3.05) is 0 Å². The molecule has 1 rings (SSSR count). The molecule has 1 N–H and O–H groups in total. The number of aliphatic carboxylic acids is 1. The van der Waals surface area contributed by atoms with Crippen LogP contribution >= 0.6 is 34.8 Å². The maximum atomic E-state index is 10.8. The maximum absolute atomic E-state index is 10.8. The van der Waals surface area contributed by atoms with Crippen molar-refractivity contribution in [3.05, 3.63) is 33.8 Å². The summed E-state index contributed by atoms with van der Waals surface area (Å²) in [7, 11) is 0. The van der Waals surface area contributed by atoms with Crippen LogP contribution in [0.25, 0.3) is 0 Å². The molecule has 0 amide bonds. The number of alkyl halides is 1. The standard InChI is InChI=1S/C10H9Cl3O2/c1-10(13,9(14)15)5-6-2-3-7(11)8(12)4-6/h2-4H,5H2,1H3,(H,14,15). The smallest absolute Gasteiger partial charge is 0.324 e. The van der Waals surface area contributed by atoms with Crippen LogP contribution in [0, 0.1) is 0 Å². The fourth-order valence-corrected chi connectivity index (χ4v) is 1.58. The van der Waals surface area contributed by atoms with Gasteiger partial charge in [0, 0.05) is 6.42 Å². The molecule has 0 saturated carbocycles. The summed E-state index contributed by atoms with van der Waals surface area (Å²) in [5, 5.41) is 9.67. The fraction of sp³-hybridized carbons (Fsp3) is 0.300. The molecule has 15 heavy (non-hydrogen) atoms. The van der Waals surface area contributed by atoms with Crippen LogP contribution in [0.4, 0.5) is 0 Å². The van der Waals surface area contributed by atoms with Crippen LogP contribution in [0.2, 0.25) is 10.0 Å². The molecule has 1 aromatic rings. The monoisotopic (exact) mass is 266 g/mol. The van der Waals surface area contributed by atoms with Crippen LogP contribution in [-0.4, -0.2) is 16.0 Å². The molecule has 1 aromatic carbocycles. The average Bonchev–Trinajstić information content (AvgIpc) is 2.10. The van der Waals surface area contributed by atoms with Gasteiger partial charge >= 0.3 is 5.97 Å². The van der Waals surface area contributed by atoms with E-state index in [0.29, 0.717) is 10.0 Å². The molecule has 0 saturated heterocycles. The average molecular weight is 268 g/mol. The Labute approximate surface area is 103 Å². The van der Waals surface area contributed by atoms with Gasteiger partial charge in [-0.1, -0.05) is 29.3 Å². The van der Waals surface area contributed by atoms with E-state index < -0.39 is 10.8 Å². The van der Waals surface area contributed by atoms with Crippen molar-refractivity contribution in [1.82, 2.24) is 0 Å². The summed E-state index contributed by atoms with van der Waals surface area (Å²) in [5.41, 5.74) is 0.740. The van der Waals surface area contributed by atoms with Crippen molar-refractivity contribution in [2.24, 2.45) is 0 Å². The Kier molecular flexibility index (Phi) is 3.87. The van der Waals surface area contributed by atoms with Gasteiger partial charge in [-0.15, -0.1) is 11.6 Å². The van der Waals surface area contributed by atoms with E-state index in [0.717, 1.165) is 5.56 Å². The van der Waals surface area contributed by atoms with Crippen LogP contribution in [-0.2, 0) is 11.2 Å². The minimum absolute atomic E-state index is 0.195. The first kappa shape index (κ1) is 12.6. The lowest BCUT2D eigenvalue weighted by Gasteiger charge is -2.16. The number of benzene rings is 1. The minimum Gasteiger partial charge on any atom is -0.480 e. The highest BCUT2D eigenvalue weighted by atomic mass is 35.5. The van der Waals surface area contributed by atoms with Gasteiger partial charge in [-0.25, -0.2) is 0 Å². The van der Waals surface area contributed by atoms with E-state index in [2.05, 4.69) is 0 Å². The molecule has 82 valence electrons. The van der Waals surface area contributed by atoms with Crippen molar-refractivity contribution in [3.63, 3.8) is 0 Å². The zero-order valence-electron chi connectivity index (χ0n) is 7.93. The van der Waals surface area contributed by atoms with Crippen molar-refractivity contribution in [3.8, 4) is 0 Å². The number of rotatable bonds is 3. The van der Waals surface area contributed by atoms with Gasteiger partial charge in [0.1, 0.15) is 4.87 Å². The van der Waals surface area contributed by atoms with Crippen molar-refractivity contribution < 1.29 is 9.90 Å². The van der Waals surface area contributed by atoms with Gasteiger partial charge in [0.25, 0.3) is 0 Å². The van der Waals surface area contributed by atoms with Crippen molar-refractivity contribution in [1.29, 1.82) is 0 Å². The molecular weight excluding hydrogens is 258 g/mol. The topological polar surface area (TPSA) is 37.3 Å². The molecule has 0 aliphatic carbocycles. The van der Waals surface area contributed by atoms with Crippen LogP contribution in [0.1, 0.15) is 12.5 Å². The number of hydrogen-bond acceptors (Lipinski definition) is 1. The number of carboxylic acids is 1. The molecule has 5 heteroatoms.